The lowest BCUT2D eigenvalue weighted by atomic mass is 10.1. The van der Waals surface area contributed by atoms with E-state index in [0.717, 1.165) is 70.6 Å². The molecule has 5 nitrogen and oxygen atoms in total. The molecule has 0 aliphatic heterocycles. The maximum absolute atomic E-state index is 12.6. The van der Waals surface area contributed by atoms with Crippen LogP contribution in [0.2, 0.25) is 0 Å². The highest BCUT2D eigenvalue weighted by molar-refractivity contribution is 5.70. The molecule has 1 atom stereocenters. The number of rotatable bonds is 45. The summed E-state index contributed by atoms with van der Waals surface area (Å²) >= 11 is 0. The number of hydrogen-bond acceptors (Lipinski definition) is 5. The molecular formula is C53H94O5. The zero-order valence-electron chi connectivity index (χ0n) is 38.6. The van der Waals surface area contributed by atoms with Crippen molar-refractivity contribution in [3.05, 3.63) is 60.8 Å². The predicted octanol–water partition coefficient (Wildman–Crippen LogP) is 16.6. The van der Waals surface area contributed by atoms with Crippen molar-refractivity contribution in [3.8, 4) is 0 Å². The van der Waals surface area contributed by atoms with Crippen molar-refractivity contribution in [1.82, 2.24) is 0 Å². The predicted molar refractivity (Wildman–Crippen MR) is 251 cm³/mol. The van der Waals surface area contributed by atoms with Crippen LogP contribution in [-0.4, -0.2) is 37.9 Å². The van der Waals surface area contributed by atoms with Crippen LogP contribution in [0.25, 0.3) is 0 Å². The van der Waals surface area contributed by atoms with Crippen LogP contribution in [0, 0.1) is 0 Å². The first-order chi connectivity index (χ1) is 28.6. The average Bonchev–Trinajstić information content (AvgIpc) is 3.22. The molecule has 0 rings (SSSR count). The molecule has 0 N–H and O–H groups in total. The maximum Gasteiger partial charge on any atom is 0.306 e. The third-order valence-electron chi connectivity index (χ3n) is 10.5. The molecule has 0 saturated carbocycles. The van der Waals surface area contributed by atoms with Crippen LogP contribution in [0.5, 0.6) is 0 Å². The minimum Gasteiger partial charge on any atom is -0.462 e. The SMILES string of the molecule is CC/C=C\C/C=C\C/C=C\CCCCCCCCCCOCC(COC(=O)CCCCCCCCCCC/C=C\C/C=C\CCCCC)OC(=O)CCCCCCC. The van der Waals surface area contributed by atoms with Crippen LogP contribution in [0.1, 0.15) is 239 Å². The van der Waals surface area contributed by atoms with Gasteiger partial charge in [0.15, 0.2) is 6.10 Å². The Bertz CT molecular complexity index is 1010. The highest BCUT2D eigenvalue weighted by Crippen LogP contribution is 2.14. The Hall–Kier alpha value is -2.40. The molecule has 0 bridgehead atoms. The van der Waals surface area contributed by atoms with Crippen LogP contribution < -0.4 is 0 Å². The van der Waals surface area contributed by atoms with Gasteiger partial charge in [0.2, 0.25) is 0 Å². The Kier molecular flexibility index (Phi) is 46.9. The second kappa shape index (κ2) is 49.0. The van der Waals surface area contributed by atoms with Gasteiger partial charge in [0.05, 0.1) is 6.61 Å². The summed E-state index contributed by atoms with van der Waals surface area (Å²) in [7, 11) is 0. The summed E-state index contributed by atoms with van der Waals surface area (Å²) in [5, 5.41) is 0. The van der Waals surface area contributed by atoms with E-state index in [1.165, 1.54) is 135 Å². The number of carbonyl (C=O) groups excluding carboxylic acids is 2. The number of carbonyl (C=O) groups is 2. The first-order valence-corrected chi connectivity index (χ1v) is 24.8. The lowest BCUT2D eigenvalue weighted by Crippen LogP contribution is -2.30. The molecule has 0 aliphatic carbocycles. The van der Waals surface area contributed by atoms with Crippen molar-refractivity contribution in [2.75, 3.05) is 19.8 Å². The van der Waals surface area contributed by atoms with E-state index in [1.54, 1.807) is 0 Å². The zero-order chi connectivity index (χ0) is 42.1. The van der Waals surface area contributed by atoms with Gasteiger partial charge in [-0.25, -0.2) is 0 Å². The molecule has 336 valence electrons. The molecule has 58 heavy (non-hydrogen) atoms. The molecule has 0 aliphatic rings. The van der Waals surface area contributed by atoms with Crippen LogP contribution in [0.4, 0.5) is 0 Å². The number of hydrogen-bond donors (Lipinski definition) is 0. The van der Waals surface area contributed by atoms with E-state index in [-0.39, 0.29) is 25.2 Å². The van der Waals surface area contributed by atoms with E-state index in [2.05, 4.69) is 81.5 Å². The molecule has 1 unspecified atom stereocenters. The van der Waals surface area contributed by atoms with E-state index in [1.807, 2.05) is 0 Å². The van der Waals surface area contributed by atoms with Crippen LogP contribution in [-0.2, 0) is 23.8 Å². The Morgan fingerprint density at radius 3 is 1.28 bits per heavy atom. The van der Waals surface area contributed by atoms with Crippen molar-refractivity contribution in [3.63, 3.8) is 0 Å². The second-order valence-electron chi connectivity index (χ2n) is 16.3. The standard InChI is InChI=1S/C53H94O5/c1-4-7-10-13-15-17-19-21-23-25-27-28-30-32-34-36-38-41-43-46-52(54)57-50-51(58-53(55)47-44-40-12-9-6-3)49-56-48-45-42-39-37-35-33-31-29-26-24-22-20-18-16-14-11-8-5-2/h8,11,15-18,21-24,51H,4-7,9-10,12-14,19-20,25-50H2,1-3H3/b11-8-,17-15-,18-16-,23-21-,24-22-. The Balaban J connectivity index is 4.02. The summed E-state index contributed by atoms with van der Waals surface area (Å²) in [6.07, 6.45) is 61.1. The van der Waals surface area contributed by atoms with Gasteiger partial charge in [-0.15, -0.1) is 0 Å². The Labute approximate surface area is 360 Å². The molecule has 0 heterocycles. The van der Waals surface area contributed by atoms with Crippen molar-refractivity contribution < 1.29 is 23.8 Å². The summed E-state index contributed by atoms with van der Waals surface area (Å²) in [4.78, 5) is 25.1. The monoisotopic (exact) mass is 811 g/mol. The van der Waals surface area contributed by atoms with Gasteiger partial charge in [-0.2, -0.15) is 0 Å². The Morgan fingerprint density at radius 1 is 0.397 bits per heavy atom. The normalized spacial score (nSPS) is 12.7. The molecule has 5 heteroatoms. The molecular weight excluding hydrogens is 717 g/mol. The third kappa shape index (κ3) is 46.3. The molecule has 0 aromatic carbocycles. The van der Waals surface area contributed by atoms with Gasteiger partial charge < -0.3 is 14.2 Å². The Morgan fingerprint density at radius 2 is 0.776 bits per heavy atom. The molecule has 0 fully saturated rings. The molecule has 0 amide bonds. The quantitative estimate of drug-likeness (QED) is 0.0348. The van der Waals surface area contributed by atoms with Gasteiger partial charge in [0, 0.05) is 19.4 Å². The van der Waals surface area contributed by atoms with Gasteiger partial charge in [-0.05, 0) is 83.5 Å². The fourth-order valence-electron chi connectivity index (χ4n) is 6.85. The lowest BCUT2D eigenvalue weighted by Gasteiger charge is -2.18. The second-order valence-corrected chi connectivity index (χ2v) is 16.3. The van der Waals surface area contributed by atoms with Crippen molar-refractivity contribution in [2.45, 2.75) is 245 Å². The molecule has 0 radical (unpaired) electrons. The smallest absolute Gasteiger partial charge is 0.306 e. The topological polar surface area (TPSA) is 61.8 Å². The third-order valence-corrected chi connectivity index (χ3v) is 10.5. The van der Waals surface area contributed by atoms with Crippen molar-refractivity contribution in [2.24, 2.45) is 0 Å². The number of unbranched alkanes of at least 4 members (excludes halogenated alkanes) is 24. The molecule has 0 spiro atoms. The highest BCUT2D eigenvalue weighted by Gasteiger charge is 2.17. The number of allylic oxidation sites excluding steroid dienone is 10. The highest BCUT2D eigenvalue weighted by atomic mass is 16.6. The number of ether oxygens (including phenoxy) is 3. The van der Waals surface area contributed by atoms with Gasteiger partial charge in [-0.3, -0.25) is 9.59 Å². The van der Waals surface area contributed by atoms with E-state index in [0.29, 0.717) is 19.4 Å². The van der Waals surface area contributed by atoms with Gasteiger partial charge >= 0.3 is 11.9 Å². The van der Waals surface area contributed by atoms with Crippen LogP contribution in [0.3, 0.4) is 0 Å². The summed E-state index contributed by atoms with van der Waals surface area (Å²) in [6, 6.07) is 0. The summed E-state index contributed by atoms with van der Waals surface area (Å²) in [5.74, 6) is -0.415. The first kappa shape index (κ1) is 55.6. The molecule has 0 aromatic heterocycles. The van der Waals surface area contributed by atoms with Crippen LogP contribution >= 0.6 is 0 Å². The maximum atomic E-state index is 12.6. The van der Waals surface area contributed by atoms with Crippen molar-refractivity contribution in [1.29, 1.82) is 0 Å². The van der Waals surface area contributed by atoms with Crippen molar-refractivity contribution >= 4 is 11.9 Å². The van der Waals surface area contributed by atoms with E-state index in [9.17, 15) is 9.59 Å². The molecule has 0 saturated heterocycles. The molecule has 0 aromatic rings. The minimum absolute atomic E-state index is 0.0795. The summed E-state index contributed by atoms with van der Waals surface area (Å²) in [5.41, 5.74) is 0. The fourth-order valence-corrected chi connectivity index (χ4v) is 6.85. The average molecular weight is 811 g/mol. The first-order valence-electron chi connectivity index (χ1n) is 24.8. The lowest BCUT2D eigenvalue weighted by molar-refractivity contribution is -0.163. The van der Waals surface area contributed by atoms with E-state index < -0.39 is 6.10 Å². The summed E-state index contributed by atoms with van der Waals surface area (Å²) < 4.78 is 17.2. The van der Waals surface area contributed by atoms with Gasteiger partial charge in [0.1, 0.15) is 6.61 Å². The van der Waals surface area contributed by atoms with Gasteiger partial charge in [-0.1, -0.05) is 204 Å². The van der Waals surface area contributed by atoms with Gasteiger partial charge in [0.25, 0.3) is 0 Å². The van der Waals surface area contributed by atoms with E-state index in [4.69, 9.17) is 14.2 Å². The van der Waals surface area contributed by atoms with E-state index >= 15 is 0 Å². The zero-order valence-corrected chi connectivity index (χ0v) is 38.6. The largest absolute Gasteiger partial charge is 0.462 e. The number of esters is 2. The minimum atomic E-state index is -0.537. The van der Waals surface area contributed by atoms with Crippen LogP contribution in [0.15, 0.2) is 60.8 Å². The fraction of sp³-hybridized carbons (Fsp3) is 0.774. The summed E-state index contributed by atoms with van der Waals surface area (Å²) in [6.45, 7) is 7.62.